The number of carbonyl (C=O) groups excluding carboxylic acids is 1. The van der Waals surface area contributed by atoms with Crippen LogP contribution in [0.3, 0.4) is 0 Å². The highest BCUT2D eigenvalue weighted by molar-refractivity contribution is 6.17. The van der Waals surface area contributed by atoms with E-state index in [0.717, 1.165) is 29.3 Å². The minimum atomic E-state index is -0.103. The van der Waals surface area contributed by atoms with Crippen LogP contribution in [-0.2, 0) is 4.79 Å². The number of rotatable bonds is 1. The first kappa shape index (κ1) is 10.0. The second-order valence-corrected chi connectivity index (χ2v) is 3.91. The molecule has 1 amide bonds. The summed E-state index contributed by atoms with van der Waals surface area (Å²) in [6, 6.07) is 7.82. The Morgan fingerprint density at radius 1 is 1.41 bits per heavy atom. The molecule has 0 radical (unpaired) electrons. The summed E-state index contributed by atoms with van der Waals surface area (Å²) in [5.74, 6) is 1.50. The number of nitrogens with one attached hydrogen (secondary N) is 1. The number of aliphatic imine (C=N–C) groups is 2. The van der Waals surface area contributed by atoms with Gasteiger partial charge in [-0.25, -0.2) is 10.0 Å². The fourth-order valence-electron chi connectivity index (χ4n) is 2.01. The van der Waals surface area contributed by atoms with Gasteiger partial charge in [-0.05, 0) is 12.1 Å². The van der Waals surface area contributed by atoms with Crippen molar-refractivity contribution in [3.05, 3.63) is 29.8 Å². The normalized spacial score (nSPS) is 17.7. The molecule has 5 nitrogen and oxygen atoms in total. The highest BCUT2D eigenvalue weighted by atomic mass is 16.2. The topological polar surface area (TPSA) is 57.1 Å². The molecule has 5 heteroatoms. The van der Waals surface area contributed by atoms with Crippen LogP contribution in [0.2, 0.25) is 0 Å². The van der Waals surface area contributed by atoms with E-state index in [9.17, 15) is 4.79 Å². The molecular formula is C12H12N4O. The maximum atomic E-state index is 11.4. The molecule has 0 saturated heterocycles. The summed E-state index contributed by atoms with van der Waals surface area (Å²) < 4.78 is 0. The van der Waals surface area contributed by atoms with Crippen LogP contribution < -0.4 is 5.43 Å². The molecule has 0 saturated carbocycles. The third-order valence-electron chi connectivity index (χ3n) is 2.79. The Morgan fingerprint density at radius 3 is 3.06 bits per heavy atom. The standard InChI is InChI=1S/C12H12N4O/c1-2-10-14-9-6-4-3-5-8(9)12-13-7-11(17)15-16(10)12/h3-6H,2,7H2,1H3,(H,15,17). The molecule has 0 bridgehead atoms. The van der Waals surface area contributed by atoms with Gasteiger partial charge < -0.3 is 0 Å². The van der Waals surface area contributed by atoms with Crippen LogP contribution in [0, 0.1) is 0 Å². The number of hydrazine groups is 1. The lowest BCUT2D eigenvalue weighted by atomic mass is 10.1. The van der Waals surface area contributed by atoms with Crippen molar-refractivity contribution in [2.75, 3.05) is 6.54 Å². The number of amides is 1. The van der Waals surface area contributed by atoms with Gasteiger partial charge in [0.1, 0.15) is 12.4 Å². The van der Waals surface area contributed by atoms with E-state index >= 15 is 0 Å². The molecule has 2 heterocycles. The molecule has 2 aliphatic heterocycles. The molecule has 0 aromatic heterocycles. The Balaban J connectivity index is 2.18. The maximum absolute atomic E-state index is 11.4. The van der Waals surface area contributed by atoms with E-state index in [1.54, 1.807) is 5.01 Å². The van der Waals surface area contributed by atoms with Crippen molar-refractivity contribution >= 4 is 23.3 Å². The Hall–Kier alpha value is -2.17. The number of hydrogen-bond acceptors (Lipinski definition) is 4. The Labute approximate surface area is 98.8 Å². The summed E-state index contributed by atoms with van der Waals surface area (Å²) in [4.78, 5) is 20.2. The number of nitrogens with zero attached hydrogens (tertiary/aromatic N) is 3. The lowest BCUT2D eigenvalue weighted by molar-refractivity contribution is -0.122. The van der Waals surface area contributed by atoms with Crippen LogP contribution in [0.25, 0.3) is 0 Å². The summed E-state index contributed by atoms with van der Waals surface area (Å²) in [6.45, 7) is 2.18. The molecule has 17 heavy (non-hydrogen) atoms. The van der Waals surface area contributed by atoms with Gasteiger partial charge in [0.15, 0.2) is 5.84 Å². The third kappa shape index (κ3) is 1.51. The van der Waals surface area contributed by atoms with Crippen molar-refractivity contribution in [3.63, 3.8) is 0 Å². The van der Waals surface area contributed by atoms with Gasteiger partial charge in [-0.15, -0.1) is 0 Å². The first-order chi connectivity index (χ1) is 8.29. The predicted molar refractivity (Wildman–Crippen MR) is 65.2 cm³/mol. The minimum absolute atomic E-state index is 0.103. The molecule has 0 fully saturated rings. The fourth-order valence-corrected chi connectivity index (χ4v) is 2.01. The monoisotopic (exact) mass is 228 g/mol. The van der Waals surface area contributed by atoms with Crippen LogP contribution in [0.15, 0.2) is 34.3 Å². The summed E-state index contributed by atoms with van der Waals surface area (Å²) in [5.41, 5.74) is 4.67. The van der Waals surface area contributed by atoms with Gasteiger partial charge in [-0.3, -0.25) is 15.2 Å². The van der Waals surface area contributed by atoms with Gasteiger partial charge in [-0.1, -0.05) is 19.1 Å². The van der Waals surface area contributed by atoms with Gasteiger partial charge in [0.25, 0.3) is 5.91 Å². The van der Waals surface area contributed by atoms with Crippen molar-refractivity contribution in [3.8, 4) is 0 Å². The summed E-state index contributed by atoms with van der Waals surface area (Å²) in [5, 5.41) is 1.69. The minimum Gasteiger partial charge on any atom is -0.271 e. The Morgan fingerprint density at radius 2 is 2.24 bits per heavy atom. The molecule has 0 aliphatic carbocycles. The van der Waals surface area contributed by atoms with Crippen molar-refractivity contribution in [2.45, 2.75) is 13.3 Å². The Bertz CT molecular complexity index is 547. The number of para-hydroxylation sites is 1. The zero-order valence-electron chi connectivity index (χ0n) is 9.47. The van der Waals surface area contributed by atoms with Crippen molar-refractivity contribution in [2.24, 2.45) is 9.98 Å². The highest BCUT2D eigenvalue weighted by Crippen LogP contribution is 2.27. The average molecular weight is 228 g/mol. The molecule has 86 valence electrons. The average Bonchev–Trinajstić information content (AvgIpc) is 2.37. The van der Waals surface area contributed by atoms with Crippen LogP contribution in [0.5, 0.6) is 0 Å². The molecule has 2 aliphatic rings. The van der Waals surface area contributed by atoms with Gasteiger partial charge in [-0.2, -0.15) is 0 Å². The van der Waals surface area contributed by atoms with Gasteiger partial charge in [0, 0.05) is 12.0 Å². The largest absolute Gasteiger partial charge is 0.271 e. The molecule has 1 N–H and O–H groups in total. The SMILES string of the molecule is CCC1=Nc2ccccc2C2=NCC(=O)NN12. The number of benzene rings is 1. The van der Waals surface area contributed by atoms with E-state index in [0.29, 0.717) is 0 Å². The number of carbonyl (C=O) groups is 1. The first-order valence-electron chi connectivity index (χ1n) is 5.60. The van der Waals surface area contributed by atoms with Crippen molar-refractivity contribution in [1.29, 1.82) is 0 Å². The predicted octanol–water partition coefficient (Wildman–Crippen LogP) is 1.23. The van der Waals surface area contributed by atoms with Crippen LogP contribution in [0.1, 0.15) is 18.9 Å². The van der Waals surface area contributed by atoms with E-state index in [4.69, 9.17) is 0 Å². The molecular weight excluding hydrogens is 216 g/mol. The van der Waals surface area contributed by atoms with Crippen LogP contribution in [0.4, 0.5) is 5.69 Å². The number of fused-ring (bicyclic) bond motifs is 3. The number of hydrogen-bond donors (Lipinski definition) is 1. The summed E-state index contributed by atoms with van der Waals surface area (Å²) in [6.07, 6.45) is 0.744. The quantitative estimate of drug-likeness (QED) is 0.786. The molecule has 0 atom stereocenters. The second kappa shape index (κ2) is 3.69. The molecule has 0 spiro atoms. The lowest BCUT2D eigenvalue weighted by Crippen LogP contribution is -2.54. The summed E-state index contributed by atoms with van der Waals surface area (Å²) >= 11 is 0. The van der Waals surface area contributed by atoms with Crippen molar-refractivity contribution < 1.29 is 4.79 Å². The number of amidine groups is 2. The van der Waals surface area contributed by atoms with Gasteiger partial charge in [0.05, 0.1) is 5.69 Å². The highest BCUT2D eigenvalue weighted by Gasteiger charge is 2.29. The van der Waals surface area contributed by atoms with E-state index in [-0.39, 0.29) is 12.5 Å². The second-order valence-electron chi connectivity index (χ2n) is 3.91. The first-order valence-corrected chi connectivity index (χ1v) is 5.60. The maximum Gasteiger partial charge on any atom is 0.260 e. The molecule has 1 aromatic carbocycles. The van der Waals surface area contributed by atoms with Gasteiger partial charge in [0.2, 0.25) is 0 Å². The van der Waals surface area contributed by atoms with Gasteiger partial charge >= 0.3 is 0 Å². The van der Waals surface area contributed by atoms with E-state index in [2.05, 4.69) is 15.4 Å². The zero-order chi connectivity index (χ0) is 11.8. The molecule has 3 rings (SSSR count). The molecule has 0 unspecified atom stereocenters. The lowest BCUT2D eigenvalue weighted by Gasteiger charge is -2.33. The smallest absolute Gasteiger partial charge is 0.260 e. The van der Waals surface area contributed by atoms with Crippen LogP contribution in [-0.4, -0.2) is 29.1 Å². The Kier molecular flexibility index (Phi) is 2.18. The van der Waals surface area contributed by atoms with E-state index in [1.165, 1.54) is 0 Å². The summed E-state index contributed by atoms with van der Waals surface area (Å²) in [7, 11) is 0. The van der Waals surface area contributed by atoms with Crippen molar-refractivity contribution in [1.82, 2.24) is 10.4 Å². The fraction of sp³-hybridized carbons (Fsp3) is 0.250. The zero-order valence-corrected chi connectivity index (χ0v) is 9.47. The van der Waals surface area contributed by atoms with Crippen LogP contribution >= 0.6 is 0 Å². The van der Waals surface area contributed by atoms with E-state index in [1.807, 2.05) is 31.2 Å². The molecule has 1 aromatic rings. The third-order valence-corrected chi connectivity index (χ3v) is 2.79. The van der Waals surface area contributed by atoms with E-state index < -0.39 is 0 Å².